The lowest BCUT2D eigenvalue weighted by Gasteiger charge is -2.33. The molecule has 0 amide bonds. The fourth-order valence-electron chi connectivity index (χ4n) is 3.50. The first-order valence-electron chi connectivity index (χ1n) is 10.5. The van der Waals surface area contributed by atoms with Crippen LogP contribution in [0.15, 0.2) is 48.5 Å². The van der Waals surface area contributed by atoms with Gasteiger partial charge in [0.05, 0.1) is 13.2 Å². The minimum Gasteiger partial charge on any atom is -0.380 e. The molecule has 0 heterocycles. The number of carbonyl (C=O) groups is 2. The van der Waals surface area contributed by atoms with Gasteiger partial charge in [-0.1, -0.05) is 76.2 Å². The summed E-state index contributed by atoms with van der Waals surface area (Å²) >= 11 is 0. The van der Waals surface area contributed by atoms with Gasteiger partial charge in [0.2, 0.25) is 0 Å². The SMILES string of the molecule is CCC(C)(COCC(C)(CC)c1ccc(C(C)=O)cc1)c1ccc(C(C)=O)cc1. The summed E-state index contributed by atoms with van der Waals surface area (Å²) in [5, 5.41) is 0. The summed E-state index contributed by atoms with van der Waals surface area (Å²) in [4.78, 5) is 23.1. The van der Waals surface area contributed by atoms with Crippen LogP contribution in [0.3, 0.4) is 0 Å². The highest BCUT2D eigenvalue weighted by Crippen LogP contribution is 2.32. The maximum atomic E-state index is 11.5. The van der Waals surface area contributed by atoms with Crippen LogP contribution in [0, 0.1) is 0 Å². The minimum atomic E-state index is -0.109. The van der Waals surface area contributed by atoms with Gasteiger partial charge in [-0.2, -0.15) is 0 Å². The second kappa shape index (κ2) is 9.49. The van der Waals surface area contributed by atoms with Gasteiger partial charge in [0.25, 0.3) is 0 Å². The first kappa shape index (κ1) is 23.0. The monoisotopic (exact) mass is 394 g/mol. The summed E-state index contributed by atoms with van der Waals surface area (Å²) in [6.07, 6.45) is 1.89. The van der Waals surface area contributed by atoms with Gasteiger partial charge < -0.3 is 4.74 Å². The van der Waals surface area contributed by atoms with Gasteiger partial charge in [-0.3, -0.25) is 9.59 Å². The summed E-state index contributed by atoms with van der Waals surface area (Å²) in [6, 6.07) is 15.8. The summed E-state index contributed by atoms with van der Waals surface area (Å²) in [6.45, 7) is 13.2. The van der Waals surface area contributed by atoms with Crippen LogP contribution < -0.4 is 0 Å². The number of ketones is 2. The first-order valence-corrected chi connectivity index (χ1v) is 10.5. The molecule has 156 valence electrons. The van der Waals surface area contributed by atoms with Crippen molar-refractivity contribution in [3.05, 3.63) is 70.8 Å². The molecule has 0 aliphatic rings. The predicted octanol–water partition coefficient (Wildman–Crippen LogP) is 6.14. The van der Waals surface area contributed by atoms with E-state index in [-0.39, 0.29) is 22.4 Å². The van der Waals surface area contributed by atoms with Crippen LogP contribution in [0.25, 0.3) is 0 Å². The van der Waals surface area contributed by atoms with Crippen molar-refractivity contribution in [1.82, 2.24) is 0 Å². The molecule has 3 nitrogen and oxygen atoms in total. The molecule has 2 rings (SSSR count). The predicted molar refractivity (Wildman–Crippen MR) is 119 cm³/mol. The second-order valence-electron chi connectivity index (χ2n) is 8.59. The van der Waals surface area contributed by atoms with Crippen molar-refractivity contribution >= 4 is 11.6 Å². The van der Waals surface area contributed by atoms with E-state index in [0.29, 0.717) is 13.2 Å². The van der Waals surface area contributed by atoms with Gasteiger partial charge >= 0.3 is 0 Å². The van der Waals surface area contributed by atoms with E-state index < -0.39 is 0 Å². The van der Waals surface area contributed by atoms with E-state index in [4.69, 9.17) is 4.74 Å². The molecule has 0 N–H and O–H groups in total. The van der Waals surface area contributed by atoms with Crippen LogP contribution in [0.4, 0.5) is 0 Å². The maximum absolute atomic E-state index is 11.5. The molecule has 0 spiro atoms. The third kappa shape index (κ3) is 5.42. The average Bonchev–Trinajstić information content (AvgIpc) is 2.73. The largest absolute Gasteiger partial charge is 0.380 e. The molecular weight excluding hydrogens is 360 g/mol. The highest BCUT2D eigenvalue weighted by molar-refractivity contribution is 5.94. The molecule has 0 saturated heterocycles. The number of hydrogen-bond donors (Lipinski definition) is 0. The molecule has 0 aromatic heterocycles. The maximum Gasteiger partial charge on any atom is 0.159 e. The quantitative estimate of drug-likeness (QED) is 0.454. The van der Waals surface area contributed by atoms with Crippen LogP contribution in [0.1, 0.15) is 86.2 Å². The van der Waals surface area contributed by atoms with Crippen molar-refractivity contribution in [3.8, 4) is 0 Å². The van der Waals surface area contributed by atoms with E-state index in [9.17, 15) is 9.59 Å². The summed E-state index contributed by atoms with van der Waals surface area (Å²) < 4.78 is 6.28. The summed E-state index contributed by atoms with van der Waals surface area (Å²) in [5.41, 5.74) is 3.63. The second-order valence-corrected chi connectivity index (χ2v) is 8.59. The zero-order valence-corrected chi connectivity index (χ0v) is 18.7. The Kier molecular flexibility index (Phi) is 7.54. The van der Waals surface area contributed by atoms with Crippen LogP contribution in [-0.2, 0) is 15.6 Å². The lowest BCUT2D eigenvalue weighted by atomic mass is 9.79. The number of Topliss-reactive ketones (excluding diaryl/α,β-unsaturated/α-hetero) is 2. The van der Waals surface area contributed by atoms with E-state index in [1.54, 1.807) is 13.8 Å². The molecule has 0 fully saturated rings. The fraction of sp³-hybridized carbons (Fsp3) is 0.462. The van der Waals surface area contributed by atoms with Gasteiger partial charge in [-0.15, -0.1) is 0 Å². The summed E-state index contributed by atoms with van der Waals surface area (Å²) in [5.74, 6) is 0.168. The van der Waals surface area contributed by atoms with E-state index >= 15 is 0 Å². The van der Waals surface area contributed by atoms with E-state index in [1.807, 2.05) is 48.5 Å². The Labute approximate surface area is 175 Å². The number of carbonyl (C=O) groups excluding carboxylic acids is 2. The lowest BCUT2D eigenvalue weighted by molar-refractivity contribution is 0.0510. The van der Waals surface area contributed by atoms with Crippen molar-refractivity contribution in [3.63, 3.8) is 0 Å². The van der Waals surface area contributed by atoms with Crippen LogP contribution in [0.2, 0.25) is 0 Å². The Hall–Kier alpha value is -2.26. The van der Waals surface area contributed by atoms with Gasteiger partial charge in [-0.05, 0) is 37.8 Å². The van der Waals surface area contributed by atoms with Gasteiger partial charge in [0, 0.05) is 22.0 Å². The third-order valence-corrected chi connectivity index (χ3v) is 6.38. The van der Waals surface area contributed by atoms with Crippen LogP contribution in [-0.4, -0.2) is 24.8 Å². The number of hydrogen-bond acceptors (Lipinski definition) is 3. The topological polar surface area (TPSA) is 43.4 Å². The van der Waals surface area contributed by atoms with Crippen LogP contribution >= 0.6 is 0 Å². The zero-order chi connectivity index (χ0) is 21.7. The molecule has 2 aromatic rings. The molecule has 2 unspecified atom stereocenters. The van der Waals surface area contributed by atoms with E-state index in [1.165, 1.54) is 11.1 Å². The Balaban J connectivity index is 2.10. The van der Waals surface area contributed by atoms with Crippen molar-refractivity contribution in [2.24, 2.45) is 0 Å². The summed E-state index contributed by atoms with van der Waals surface area (Å²) in [7, 11) is 0. The smallest absolute Gasteiger partial charge is 0.159 e. The molecule has 0 radical (unpaired) electrons. The standard InChI is InChI=1S/C26H34O3/c1-7-25(5,23-13-9-21(10-14-23)19(3)27)17-29-18-26(6,8-2)24-15-11-22(12-16-24)20(4)28/h9-16H,7-8,17-18H2,1-6H3. The normalized spacial score (nSPS) is 15.4. The molecule has 2 atom stereocenters. The number of rotatable bonds is 10. The Morgan fingerprint density at radius 1 is 0.690 bits per heavy atom. The molecule has 0 saturated carbocycles. The van der Waals surface area contributed by atoms with Gasteiger partial charge in [-0.25, -0.2) is 0 Å². The van der Waals surface area contributed by atoms with Gasteiger partial charge in [0.15, 0.2) is 11.6 Å². The number of ether oxygens (including phenoxy) is 1. The fourth-order valence-corrected chi connectivity index (χ4v) is 3.50. The lowest BCUT2D eigenvalue weighted by Crippen LogP contribution is -2.33. The Morgan fingerprint density at radius 2 is 1.00 bits per heavy atom. The molecular formula is C26H34O3. The Bertz CT molecular complexity index is 764. The average molecular weight is 395 g/mol. The van der Waals surface area contributed by atoms with Gasteiger partial charge in [0.1, 0.15) is 0 Å². The van der Waals surface area contributed by atoms with Crippen molar-refractivity contribution in [2.75, 3.05) is 13.2 Å². The molecule has 29 heavy (non-hydrogen) atoms. The molecule has 0 aliphatic heterocycles. The highest BCUT2D eigenvalue weighted by Gasteiger charge is 2.29. The minimum absolute atomic E-state index is 0.0838. The Morgan fingerprint density at radius 3 is 1.24 bits per heavy atom. The van der Waals surface area contributed by atoms with Crippen molar-refractivity contribution in [1.29, 1.82) is 0 Å². The molecule has 2 aromatic carbocycles. The van der Waals surface area contributed by atoms with E-state index in [0.717, 1.165) is 24.0 Å². The highest BCUT2D eigenvalue weighted by atomic mass is 16.5. The van der Waals surface area contributed by atoms with E-state index in [2.05, 4.69) is 27.7 Å². The molecule has 0 aliphatic carbocycles. The number of benzene rings is 2. The van der Waals surface area contributed by atoms with Crippen molar-refractivity contribution in [2.45, 2.75) is 65.2 Å². The zero-order valence-electron chi connectivity index (χ0n) is 18.7. The van der Waals surface area contributed by atoms with Crippen molar-refractivity contribution < 1.29 is 14.3 Å². The first-order chi connectivity index (χ1) is 13.6. The van der Waals surface area contributed by atoms with Crippen LogP contribution in [0.5, 0.6) is 0 Å². The third-order valence-electron chi connectivity index (χ3n) is 6.38. The molecule has 0 bridgehead atoms. The molecule has 3 heteroatoms.